The minimum absolute atomic E-state index is 0.00713. The summed E-state index contributed by atoms with van der Waals surface area (Å²) < 4.78 is 39.9. The molecule has 2 N–H and O–H groups in total. The van der Waals surface area contributed by atoms with E-state index in [0.29, 0.717) is 12.8 Å². The van der Waals surface area contributed by atoms with Crippen LogP contribution in [-0.4, -0.2) is 42.3 Å². The summed E-state index contributed by atoms with van der Waals surface area (Å²) in [5.41, 5.74) is 5.12. The number of halogens is 3. The number of carbonyl (C=O) groups excluding carboxylic acids is 2. The smallest absolute Gasteiger partial charge is 0.422 e. The molecule has 1 heterocycles. The number of primary amides is 1. The number of amides is 2. The number of likely N-dealkylation sites (tertiary alicyclic amines) is 1. The van der Waals surface area contributed by atoms with Gasteiger partial charge in [0.05, 0.1) is 5.92 Å². The normalized spacial score (nSPS) is 24.8. The molecule has 104 valence electrons. The topological polar surface area (TPSA) is 72.6 Å². The Kier molecular flexibility index (Phi) is 4.42. The van der Waals surface area contributed by atoms with Gasteiger partial charge in [0, 0.05) is 12.6 Å². The van der Waals surface area contributed by atoms with Crippen LogP contribution in [0.25, 0.3) is 0 Å². The second-order valence-corrected chi connectivity index (χ2v) is 4.35. The molecule has 1 aliphatic rings. The molecule has 0 aliphatic carbocycles. The highest BCUT2D eigenvalue weighted by Gasteiger charge is 2.35. The standard InChI is InChI=1S/C10H15F3N2O3/c1-6-2-3-7(8(14)16)4-15(6)9(17)18-5-10(11,12)13/h6-7H,2-5H2,1H3,(H2,14,16). The lowest BCUT2D eigenvalue weighted by Gasteiger charge is -2.35. The highest BCUT2D eigenvalue weighted by molar-refractivity contribution is 5.78. The zero-order valence-electron chi connectivity index (χ0n) is 9.87. The van der Waals surface area contributed by atoms with Crippen molar-refractivity contribution in [3.63, 3.8) is 0 Å². The monoisotopic (exact) mass is 268 g/mol. The summed E-state index contributed by atoms with van der Waals surface area (Å²) in [6.07, 6.45) is -4.59. The van der Waals surface area contributed by atoms with Gasteiger partial charge in [-0.15, -0.1) is 0 Å². The zero-order valence-corrected chi connectivity index (χ0v) is 9.87. The lowest BCUT2D eigenvalue weighted by Crippen LogP contribution is -2.49. The Morgan fingerprint density at radius 1 is 1.39 bits per heavy atom. The van der Waals surface area contributed by atoms with E-state index >= 15 is 0 Å². The third-order valence-electron chi connectivity index (χ3n) is 2.88. The van der Waals surface area contributed by atoms with Crippen LogP contribution >= 0.6 is 0 Å². The van der Waals surface area contributed by atoms with Gasteiger partial charge in [-0.25, -0.2) is 4.79 Å². The van der Waals surface area contributed by atoms with Gasteiger partial charge < -0.3 is 15.4 Å². The number of hydrogen-bond donors (Lipinski definition) is 1. The molecule has 1 rings (SSSR count). The molecule has 2 amide bonds. The van der Waals surface area contributed by atoms with Gasteiger partial charge >= 0.3 is 12.3 Å². The van der Waals surface area contributed by atoms with Gasteiger partial charge in [0.2, 0.25) is 5.91 Å². The third kappa shape index (κ3) is 4.08. The number of carbonyl (C=O) groups is 2. The molecule has 2 unspecified atom stereocenters. The molecular formula is C10H15F3N2O3. The lowest BCUT2D eigenvalue weighted by atomic mass is 9.93. The first-order valence-corrected chi connectivity index (χ1v) is 5.50. The van der Waals surface area contributed by atoms with Crippen molar-refractivity contribution in [1.29, 1.82) is 0 Å². The van der Waals surface area contributed by atoms with Crippen molar-refractivity contribution < 1.29 is 27.5 Å². The van der Waals surface area contributed by atoms with Crippen LogP contribution in [0.1, 0.15) is 19.8 Å². The summed E-state index contributed by atoms with van der Waals surface area (Å²) in [5, 5.41) is 0. The van der Waals surface area contributed by atoms with E-state index in [0.717, 1.165) is 4.90 Å². The third-order valence-corrected chi connectivity index (χ3v) is 2.88. The maximum absolute atomic E-state index is 11.9. The fraction of sp³-hybridized carbons (Fsp3) is 0.800. The first kappa shape index (κ1) is 14.6. The number of nitrogens with zero attached hydrogens (tertiary/aromatic N) is 1. The van der Waals surface area contributed by atoms with Gasteiger partial charge in [-0.05, 0) is 19.8 Å². The Hall–Kier alpha value is -1.47. The van der Waals surface area contributed by atoms with Crippen molar-refractivity contribution in [3.8, 4) is 0 Å². The second-order valence-electron chi connectivity index (χ2n) is 4.35. The number of rotatable bonds is 2. The molecule has 0 radical (unpaired) electrons. The van der Waals surface area contributed by atoms with Gasteiger partial charge in [0.25, 0.3) is 0 Å². The van der Waals surface area contributed by atoms with Gasteiger partial charge in [0.15, 0.2) is 6.61 Å². The van der Waals surface area contributed by atoms with E-state index in [1.54, 1.807) is 6.92 Å². The van der Waals surface area contributed by atoms with Crippen LogP contribution in [0.2, 0.25) is 0 Å². The second kappa shape index (κ2) is 5.45. The molecule has 0 spiro atoms. The Labute approximate surface area is 102 Å². The minimum atomic E-state index is -4.56. The predicted molar refractivity (Wildman–Crippen MR) is 55.5 cm³/mol. The fourth-order valence-electron chi connectivity index (χ4n) is 1.82. The largest absolute Gasteiger partial charge is 0.440 e. The van der Waals surface area contributed by atoms with Gasteiger partial charge in [0.1, 0.15) is 0 Å². The molecule has 1 fully saturated rings. The van der Waals surface area contributed by atoms with Crippen molar-refractivity contribution >= 4 is 12.0 Å². The molecule has 5 nitrogen and oxygen atoms in total. The Morgan fingerprint density at radius 2 is 2.00 bits per heavy atom. The Morgan fingerprint density at radius 3 is 2.50 bits per heavy atom. The summed E-state index contributed by atoms with van der Waals surface area (Å²) in [7, 11) is 0. The van der Waals surface area contributed by atoms with Crippen molar-refractivity contribution in [1.82, 2.24) is 4.90 Å². The number of ether oxygens (including phenoxy) is 1. The van der Waals surface area contributed by atoms with Crippen LogP contribution in [0, 0.1) is 5.92 Å². The van der Waals surface area contributed by atoms with Gasteiger partial charge in [-0.1, -0.05) is 0 Å². The summed E-state index contributed by atoms with van der Waals surface area (Å²) in [6.45, 7) is 0.0650. The maximum atomic E-state index is 11.9. The summed E-state index contributed by atoms with van der Waals surface area (Å²) in [6, 6.07) is -0.263. The average Bonchev–Trinajstić information content (AvgIpc) is 2.25. The van der Waals surface area contributed by atoms with Crippen LogP contribution in [0.15, 0.2) is 0 Å². The van der Waals surface area contributed by atoms with E-state index in [2.05, 4.69) is 4.74 Å². The molecule has 0 aromatic heterocycles. The van der Waals surface area contributed by atoms with E-state index in [4.69, 9.17) is 5.73 Å². The van der Waals surface area contributed by atoms with Crippen LogP contribution in [0.5, 0.6) is 0 Å². The zero-order chi connectivity index (χ0) is 13.9. The van der Waals surface area contributed by atoms with Crippen LogP contribution in [0.3, 0.4) is 0 Å². The molecule has 2 atom stereocenters. The van der Waals surface area contributed by atoms with E-state index in [1.807, 2.05) is 0 Å². The van der Waals surface area contributed by atoms with Crippen molar-refractivity contribution in [2.24, 2.45) is 11.7 Å². The highest BCUT2D eigenvalue weighted by atomic mass is 19.4. The van der Waals surface area contributed by atoms with Crippen molar-refractivity contribution in [2.45, 2.75) is 32.0 Å². The fourth-order valence-corrected chi connectivity index (χ4v) is 1.82. The van der Waals surface area contributed by atoms with Crippen molar-refractivity contribution in [3.05, 3.63) is 0 Å². The summed E-state index contributed by atoms with van der Waals surface area (Å²) in [4.78, 5) is 23.6. The van der Waals surface area contributed by atoms with Crippen LogP contribution in [0.4, 0.5) is 18.0 Å². The molecule has 18 heavy (non-hydrogen) atoms. The average molecular weight is 268 g/mol. The number of piperidine rings is 1. The van der Waals surface area contributed by atoms with E-state index < -0.39 is 30.7 Å². The number of alkyl halides is 3. The Balaban J connectivity index is 2.57. The first-order valence-electron chi connectivity index (χ1n) is 5.50. The molecule has 0 bridgehead atoms. The SMILES string of the molecule is CC1CCC(C(N)=O)CN1C(=O)OCC(F)(F)F. The van der Waals surface area contributed by atoms with E-state index in [-0.39, 0.29) is 12.6 Å². The highest BCUT2D eigenvalue weighted by Crippen LogP contribution is 2.23. The lowest BCUT2D eigenvalue weighted by molar-refractivity contribution is -0.163. The van der Waals surface area contributed by atoms with E-state index in [1.165, 1.54) is 0 Å². The first-order chi connectivity index (χ1) is 8.20. The predicted octanol–water partition coefficient (Wildman–Crippen LogP) is 1.27. The number of nitrogens with two attached hydrogens (primary N) is 1. The Bertz CT molecular complexity index is 333. The summed E-state index contributed by atoms with van der Waals surface area (Å²) >= 11 is 0. The molecule has 0 aromatic rings. The molecular weight excluding hydrogens is 253 g/mol. The van der Waals surface area contributed by atoms with Gasteiger partial charge in [-0.3, -0.25) is 4.79 Å². The maximum Gasteiger partial charge on any atom is 0.422 e. The van der Waals surface area contributed by atoms with Crippen molar-refractivity contribution in [2.75, 3.05) is 13.2 Å². The van der Waals surface area contributed by atoms with Crippen LogP contribution < -0.4 is 5.73 Å². The summed E-state index contributed by atoms with van der Waals surface area (Å²) in [5.74, 6) is -1.09. The number of hydrogen-bond acceptors (Lipinski definition) is 3. The molecule has 1 aliphatic heterocycles. The minimum Gasteiger partial charge on any atom is -0.440 e. The quantitative estimate of drug-likeness (QED) is 0.819. The molecule has 1 saturated heterocycles. The van der Waals surface area contributed by atoms with E-state index in [9.17, 15) is 22.8 Å². The van der Waals surface area contributed by atoms with Gasteiger partial charge in [-0.2, -0.15) is 13.2 Å². The van der Waals surface area contributed by atoms with Crippen LogP contribution in [-0.2, 0) is 9.53 Å². The molecule has 8 heteroatoms. The molecule has 0 aromatic carbocycles. The molecule has 0 saturated carbocycles.